The van der Waals surface area contributed by atoms with Crippen molar-refractivity contribution in [2.75, 3.05) is 5.32 Å². The highest BCUT2D eigenvalue weighted by molar-refractivity contribution is 7.12. The molecule has 3 rings (SSSR count). The summed E-state index contributed by atoms with van der Waals surface area (Å²) < 4.78 is 1.66. The quantitative estimate of drug-likeness (QED) is 0.795. The third-order valence-electron chi connectivity index (χ3n) is 2.49. The second kappa shape index (κ2) is 5.03. The maximum atomic E-state index is 11.8. The lowest BCUT2D eigenvalue weighted by molar-refractivity contribution is 0.103. The maximum absolute atomic E-state index is 11.8. The molecule has 0 aliphatic rings. The average Bonchev–Trinajstić information content (AvgIpc) is 3.13. The van der Waals surface area contributed by atoms with E-state index in [0.717, 1.165) is 0 Å². The molecule has 0 saturated carbocycles. The van der Waals surface area contributed by atoms with Gasteiger partial charge < -0.3 is 5.32 Å². The predicted octanol–water partition coefficient (Wildman–Crippen LogP) is 2.58. The van der Waals surface area contributed by atoms with Crippen LogP contribution in [0.25, 0.3) is 5.82 Å². The molecule has 0 bridgehead atoms. The Bertz CT molecular complexity index is 659. The number of carbonyl (C=O) groups excluding carboxylic acids is 1. The summed E-state index contributed by atoms with van der Waals surface area (Å²) in [5, 5.41) is 8.75. The van der Waals surface area contributed by atoms with Crippen molar-refractivity contribution in [2.45, 2.75) is 0 Å². The number of hydrogen-bond donors (Lipinski definition) is 1. The zero-order chi connectivity index (χ0) is 13.1. The fraction of sp³-hybridized carbons (Fsp3) is 0. The van der Waals surface area contributed by atoms with Crippen molar-refractivity contribution in [1.29, 1.82) is 0 Å². The third kappa shape index (κ3) is 2.53. The summed E-state index contributed by atoms with van der Waals surface area (Å²) in [6, 6.07) is 9.06. The molecule has 0 atom stereocenters. The van der Waals surface area contributed by atoms with Crippen LogP contribution >= 0.6 is 11.3 Å². The standard InChI is InChI=1S/C13H10N4OS/c18-13(11-3-1-8-19-11)16-10-4-5-12(14-9-10)17-7-2-6-15-17/h1-9H,(H,16,18). The molecule has 1 amide bonds. The minimum Gasteiger partial charge on any atom is -0.320 e. The molecule has 0 fully saturated rings. The fourth-order valence-electron chi connectivity index (χ4n) is 1.60. The van der Waals surface area contributed by atoms with E-state index in [9.17, 15) is 4.79 Å². The van der Waals surface area contributed by atoms with E-state index < -0.39 is 0 Å². The molecule has 19 heavy (non-hydrogen) atoms. The van der Waals surface area contributed by atoms with Crippen LogP contribution in [-0.4, -0.2) is 20.7 Å². The van der Waals surface area contributed by atoms with Gasteiger partial charge in [0.05, 0.1) is 16.8 Å². The molecule has 0 aliphatic carbocycles. The highest BCUT2D eigenvalue weighted by atomic mass is 32.1. The zero-order valence-electron chi connectivity index (χ0n) is 9.85. The van der Waals surface area contributed by atoms with E-state index >= 15 is 0 Å². The van der Waals surface area contributed by atoms with Crippen LogP contribution in [0.1, 0.15) is 9.67 Å². The lowest BCUT2D eigenvalue weighted by Crippen LogP contribution is -2.10. The van der Waals surface area contributed by atoms with Gasteiger partial charge in [0.15, 0.2) is 5.82 Å². The van der Waals surface area contributed by atoms with Crippen molar-refractivity contribution in [2.24, 2.45) is 0 Å². The number of pyridine rings is 1. The molecule has 3 heterocycles. The number of nitrogens with one attached hydrogen (secondary N) is 1. The van der Waals surface area contributed by atoms with Gasteiger partial charge in [0.1, 0.15) is 0 Å². The van der Waals surface area contributed by atoms with Gasteiger partial charge in [0.25, 0.3) is 5.91 Å². The number of nitrogens with zero attached hydrogens (tertiary/aromatic N) is 3. The Labute approximate surface area is 113 Å². The van der Waals surface area contributed by atoms with E-state index in [1.807, 2.05) is 23.7 Å². The van der Waals surface area contributed by atoms with Crippen LogP contribution in [0.15, 0.2) is 54.3 Å². The van der Waals surface area contributed by atoms with Crippen LogP contribution in [0, 0.1) is 0 Å². The molecule has 5 nitrogen and oxygen atoms in total. The van der Waals surface area contributed by atoms with E-state index in [1.165, 1.54) is 11.3 Å². The number of amides is 1. The average molecular weight is 270 g/mol. The Morgan fingerprint density at radius 1 is 1.26 bits per heavy atom. The van der Waals surface area contributed by atoms with Crippen LogP contribution < -0.4 is 5.32 Å². The monoisotopic (exact) mass is 270 g/mol. The molecule has 0 unspecified atom stereocenters. The molecule has 0 aromatic carbocycles. The first-order valence-corrected chi connectivity index (χ1v) is 6.52. The van der Waals surface area contributed by atoms with Crippen molar-refractivity contribution in [3.8, 4) is 5.82 Å². The number of carbonyl (C=O) groups is 1. The van der Waals surface area contributed by atoms with Crippen LogP contribution in [0.3, 0.4) is 0 Å². The summed E-state index contributed by atoms with van der Waals surface area (Å²) in [6.07, 6.45) is 5.11. The third-order valence-corrected chi connectivity index (χ3v) is 3.36. The van der Waals surface area contributed by atoms with Crippen molar-refractivity contribution < 1.29 is 4.79 Å². The summed E-state index contributed by atoms with van der Waals surface area (Å²) in [6.45, 7) is 0. The summed E-state index contributed by atoms with van der Waals surface area (Å²) in [5.41, 5.74) is 0.661. The largest absolute Gasteiger partial charge is 0.320 e. The first-order valence-electron chi connectivity index (χ1n) is 5.64. The Kier molecular flexibility index (Phi) is 3.07. The van der Waals surface area contributed by atoms with Crippen LogP contribution in [-0.2, 0) is 0 Å². The number of hydrogen-bond acceptors (Lipinski definition) is 4. The van der Waals surface area contributed by atoms with Gasteiger partial charge in [-0.15, -0.1) is 11.3 Å². The van der Waals surface area contributed by atoms with Gasteiger partial charge in [-0.1, -0.05) is 6.07 Å². The van der Waals surface area contributed by atoms with Crippen LogP contribution in [0.2, 0.25) is 0 Å². The van der Waals surface area contributed by atoms with Gasteiger partial charge in [-0.3, -0.25) is 4.79 Å². The first-order chi connectivity index (χ1) is 9.33. The second-order valence-electron chi connectivity index (χ2n) is 3.79. The van der Waals surface area contributed by atoms with Gasteiger partial charge in [-0.05, 0) is 29.6 Å². The van der Waals surface area contributed by atoms with E-state index in [0.29, 0.717) is 16.4 Å². The van der Waals surface area contributed by atoms with E-state index in [4.69, 9.17) is 0 Å². The minimum absolute atomic E-state index is 0.122. The fourth-order valence-corrected chi connectivity index (χ4v) is 2.22. The summed E-state index contributed by atoms with van der Waals surface area (Å²) in [7, 11) is 0. The van der Waals surface area contributed by atoms with E-state index in [2.05, 4.69) is 15.4 Å². The molecule has 6 heteroatoms. The molecule has 0 saturated heterocycles. The summed E-state index contributed by atoms with van der Waals surface area (Å²) in [4.78, 5) is 16.8. The molecular weight excluding hydrogens is 260 g/mol. The van der Waals surface area contributed by atoms with Gasteiger partial charge in [-0.25, -0.2) is 9.67 Å². The second-order valence-corrected chi connectivity index (χ2v) is 4.73. The lowest BCUT2D eigenvalue weighted by atomic mass is 10.3. The minimum atomic E-state index is -0.122. The molecule has 0 aliphatic heterocycles. The molecule has 94 valence electrons. The van der Waals surface area contributed by atoms with Gasteiger partial charge >= 0.3 is 0 Å². The van der Waals surface area contributed by atoms with Crippen molar-refractivity contribution >= 4 is 22.9 Å². The van der Waals surface area contributed by atoms with Crippen LogP contribution in [0.5, 0.6) is 0 Å². The number of thiophene rings is 1. The molecule has 3 aromatic rings. The highest BCUT2D eigenvalue weighted by Gasteiger charge is 2.07. The first kappa shape index (κ1) is 11.6. The van der Waals surface area contributed by atoms with Gasteiger partial charge in [0, 0.05) is 12.4 Å². The number of rotatable bonds is 3. The van der Waals surface area contributed by atoms with Crippen molar-refractivity contribution in [1.82, 2.24) is 14.8 Å². The van der Waals surface area contributed by atoms with Gasteiger partial charge in [0.2, 0.25) is 0 Å². The van der Waals surface area contributed by atoms with Gasteiger partial charge in [-0.2, -0.15) is 5.10 Å². The number of anilines is 1. The van der Waals surface area contributed by atoms with E-state index in [1.54, 1.807) is 35.3 Å². The highest BCUT2D eigenvalue weighted by Crippen LogP contribution is 2.13. The normalized spacial score (nSPS) is 10.3. The smallest absolute Gasteiger partial charge is 0.265 e. The summed E-state index contributed by atoms with van der Waals surface area (Å²) in [5.74, 6) is 0.586. The van der Waals surface area contributed by atoms with Crippen molar-refractivity contribution in [3.63, 3.8) is 0 Å². The van der Waals surface area contributed by atoms with Crippen molar-refractivity contribution in [3.05, 3.63) is 59.2 Å². The lowest BCUT2D eigenvalue weighted by Gasteiger charge is -2.04. The van der Waals surface area contributed by atoms with E-state index in [-0.39, 0.29) is 5.91 Å². The number of aromatic nitrogens is 3. The molecule has 0 radical (unpaired) electrons. The molecule has 0 spiro atoms. The molecular formula is C13H10N4OS. The topological polar surface area (TPSA) is 59.8 Å². The molecule has 1 N–H and O–H groups in total. The maximum Gasteiger partial charge on any atom is 0.265 e. The Hall–Kier alpha value is -2.47. The molecule has 3 aromatic heterocycles. The zero-order valence-corrected chi connectivity index (χ0v) is 10.7. The SMILES string of the molecule is O=C(Nc1ccc(-n2cccn2)nc1)c1cccs1. The Morgan fingerprint density at radius 2 is 2.21 bits per heavy atom. The Morgan fingerprint density at radius 3 is 2.84 bits per heavy atom. The predicted molar refractivity (Wildman–Crippen MR) is 73.6 cm³/mol. The summed E-state index contributed by atoms with van der Waals surface area (Å²) >= 11 is 1.40. The Balaban J connectivity index is 1.75. The van der Waals surface area contributed by atoms with Crippen LogP contribution in [0.4, 0.5) is 5.69 Å².